The molecule has 2 amide bonds. The number of primary amides is 1. The summed E-state index contributed by atoms with van der Waals surface area (Å²) in [4.78, 5) is 30.5. The molecule has 0 aromatic carbocycles. The van der Waals surface area contributed by atoms with E-state index in [0.717, 1.165) is 0 Å². The summed E-state index contributed by atoms with van der Waals surface area (Å²) in [6.07, 6.45) is 0.494. The largest absolute Gasteiger partial charge is 0.474 e. The molecule has 0 aliphatic heterocycles. The third-order valence-corrected chi connectivity index (χ3v) is 1.08. The van der Waals surface area contributed by atoms with Crippen LogP contribution in [0, 0.1) is 0 Å². The molecule has 0 aliphatic rings. The highest BCUT2D eigenvalue weighted by Gasteiger charge is 2.08. The number of carboxylic acid groups (broad SMARTS) is 1. The number of amides is 2. The predicted molar refractivity (Wildman–Crippen MR) is 39.1 cm³/mol. The van der Waals surface area contributed by atoms with Crippen LogP contribution in [0.15, 0.2) is 0 Å². The maximum Gasteiger partial charge on any atom is 0.394 e. The van der Waals surface area contributed by atoms with E-state index in [1.165, 1.54) is 0 Å². The van der Waals surface area contributed by atoms with Crippen LogP contribution in [0.1, 0.15) is 12.8 Å². The highest BCUT2D eigenvalue weighted by molar-refractivity contribution is 6.31. The van der Waals surface area contributed by atoms with Gasteiger partial charge >= 0.3 is 11.9 Å². The predicted octanol–water partition coefficient (Wildman–Crippen LogP) is -1.55. The fourth-order valence-electron chi connectivity index (χ4n) is 0.540. The Morgan fingerprint density at radius 1 is 1.33 bits per heavy atom. The molecule has 4 N–H and O–H groups in total. The standard InChI is InChI=1S/C6H10N2O4/c7-4(9)2-1-3-8-5(10)6(11)12/h1-3H2,(H2,7,9)(H,8,10)(H,11,12). The molecule has 68 valence electrons. The molecule has 0 saturated heterocycles. The van der Waals surface area contributed by atoms with Crippen molar-refractivity contribution in [3.8, 4) is 0 Å². The van der Waals surface area contributed by atoms with Crippen molar-refractivity contribution < 1.29 is 19.5 Å². The van der Waals surface area contributed by atoms with Crippen LogP contribution in [0.2, 0.25) is 0 Å². The topological polar surface area (TPSA) is 109 Å². The van der Waals surface area contributed by atoms with Crippen molar-refractivity contribution in [2.75, 3.05) is 6.54 Å². The van der Waals surface area contributed by atoms with Gasteiger partial charge in [-0.3, -0.25) is 9.59 Å². The molecule has 0 saturated carbocycles. The number of carboxylic acids is 1. The highest BCUT2D eigenvalue weighted by atomic mass is 16.4. The van der Waals surface area contributed by atoms with E-state index < -0.39 is 17.8 Å². The van der Waals surface area contributed by atoms with Gasteiger partial charge in [-0.05, 0) is 6.42 Å². The lowest BCUT2D eigenvalue weighted by Crippen LogP contribution is -2.31. The fraction of sp³-hybridized carbons (Fsp3) is 0.500. The van der Waals surface area contributed by atoms with Crippen LogP contribution in [0.25, 0.3) is 0 Å². The number of carbonyl (C=O) groups excluding carboxylic acids is 2. The minimum absolute atomic E-state index is 0.139. The Labute approximate surface area is 68.7 Å². The normalized spacial score (nSPS) is 9.00. The third-order valence-electron chi connectivity index (χ3n) is 1.08. The van der Waals surface area contributed by atoms with E-state index >= 15 is 0 Å². The summed E-state index contributed by atoms with van der Waals surface area (Å²) in [5.74, 6) is -3.08. The second-order valence-electron chi connectivity index (χ2n) is 2.13. The third kappa shape index (κ3) is 5.21. The van der Waals surface area contributed by atoms with Crippen molar-refractivity contribution in [3.05, 3.63) is 0 Å². The van der Waals surface area contributed by atoms with Crippen LogP contribution in [0.3, 0.4) is 0 Å². The van der Waals surface area contributed by atoms with Gasteiger partial charge in [0, 0.05) is 13.0 Å². The minimum Gasteiger partial charge on any atom is -0.474 e. The number of aliphatic carboxylic acids is 1. The van der Waals surface area contributed by atoms with Crippen molar-refractivity contribution in [2.24, 2.45) is 5.73 Å². The average molecular weight is 174 g/mol. The van der Waals surface area contributed by atoms with E-state index in [4.69, 9.17) is 10.8 Å². The van der Waals surface area contributed by atoms with Crippen LogP contribution >= 0.6 is 0 Å². The molecule has 0 aromatic rings. The lowest BCUT2D eigenvalue weighted by atomic mass is 10.3. The van der Waals surface area contributed by atoms with Gasteiger partial charge in [0.2, 0.25) is 5.91 Å². The number of rotatable bonds is 4. The van der Waals surface area contributed by atoms with Crippen molar-refractivity contribution >= 4 is 17.8 Å². The summed E-state index contributed by atoms with van der Waals surface area (Å²) in [6.45, 7) is 0.147. The summed E-state index contributed by atoms with van der Waals surface area (Å²) in [7, 11) is 0. The lowest BCUT2D eigenvalue weighted by Gasteiger charge is -1.98. The molecule has 0 aliphatic carbocycles. The molecule has 0 spiro atoms. The molecule has 6 nitrogen and oxygen atoms in total. The van der Waals surface area contributed by atoms with Crippen molar-refractivity contribution in [3.63, 3.8) is 0 Å². The highest BCUT2D eigenvalue weighted by Crippen LogP contribution is 1.83. The maximum atomic E-state index is 10.4. The van der Waals surface area contributed by atoms with Crippen LogP contribution in [0.5, 0.6) is 0 Å². The van der Waals surface area contributed by atoms with Gasteiger partial charge in [-0.1, -0.05) is 0 Å². The number of nitrogens with one attached hydrogen (secondary N) is 1. The van der Waals surface area contributed by atoms with Gasteiger partial charge < -0.3 is 16.2 Å². The lowest BCUT2D eigenvalue weighted by molar-refractivity contribution is -0.150. The summed E-state index contributed by atoms with van der Waals surface area (Å²) in [6, 6.07) is 0. The summed E-state index contributed by atoms with van der Waals surface area (Å²) < 4.78 is 0. The first kappa shape index (κ1) is 10.4. The van der Waals surface area contributed by atoms with E-state index in [-0.39, 0.29) is 13.0 Å². The molecule has 0 radical (unpaired) electrons. The monoisotopic (exact) mass is 174 g/mol. The molecule has 12 heavy (non-hydrogen) atoms. The second kappa shape index (κ2) is 5.11. The zero-order valence-electron chi connectivity index (χ0n) is 6.37. The smallest absolute Gasteiger partial charge is 0.394 e. The quantitative estimate of drug-likeness (QED) is 0.354. The molecular weight excluding hydrogens is 164 g/mol. The van der Waals surface area contributed by atoms with Crippen molar-refractivity contribution in [1.82, 2.24) is 5.32 Å². The van der Waals surface area contributed by atoms with Gasteiger partial charge in [0.15, 0.2) is 0 Å². The van der Waals surface area contributed by atoms with E-state index in [0.29, 0.717) is 6.42 Å². The van der Waals surface area contributed by atoms with Gasteiger partial charge in [0.1, 0.15) is 0 Å². The Bertz CT molecular complexity index is 202. The van der Waals surface area contributed by atoms with Crippen molar-refractivity contribution in [2.45, 2.75) is 12.8 Å². The SMILES string of the molecule is NC(=O)CCCNC(=O)C(=O)O. The summed E-state index contributed by atoms with van der Waals surface area (Å²) in [5, 5.41) is 10.2. The van der Waals surface area contributed by atoms with Crippen LogP contribution in [-0.4, -0.2) is 29.4 Å². The van der Waals surface area contributed by atoms with Crippen molar-refractivity contribution in [1.29, 1.82) is 0 Å². The average Bonchev–Trinajstić information content (AvgIpc) is 1.97. The van der Waals surface area contributed by atoms with Gasteiger partial charge in [-0.25, -0.2) is 4.79 Å². The van der Waals surface area contributed by atoms with Gasteiger partial charge in [0.25, 0.3) is 0 Å². The van der Waals surface area contributed by atoms with Crippen LogP contribution in [0.4, 0.5) is 0 Å². The first-order valence-electron chi connectivity index (χ1n) is 3.33. The van der Waals surface area contributed by atoms with Gasteiger partial charge in [-0.15, -0.1) is 0 Å². The first-order chi connectivity index (χ1) is 5.54. The van der Waals surface area contributed by atoms with Gasteiger partial charge in [-0.2, -0.15) is 0 Å². The molecule has 0 heterocycles. The fourth-order valence-corrected chi connectivity index (χ4v) is 0.540. The Morgan fingerprint density at radius 2 is 1.92 bits per heavy atom. The molecule has 0 fully saturated rings. The Balaban J connectivity index is 3.38. The summed E-state index contributed by atoms with van der Waals surface area (Å²) in [5.41, 5.74) is 4.80. The zero-order chi connectivity index (χ0) is 9.56. The van der Waals surface area contributed by atoms with Crippen LogP contribution in [-0.2, 0) is 14.4 Å². The molecule has 0 unspecified atom stereocenters. The molecule has 0 aromatic heterocycles. The zero-order valence-corrected chi connectivity index (χ0v) is 6.37. The minimum atomic E-state index is -1.53. The van der Waals surface area contributed by atoms with E-state index in [2.05, 4.69) is 5.32 Å². The molecular formula is C6H10N2O4. The summed E-state index contributed by atoms with van der Waals surface area (Å²) >= 11 is 0. The van der Waals surface area contributed by atoms with E-state index in [1.54, 1.807) is 0 Å². The second-order valence-corrected chi connectivity index (χ2v) is 2.13. The molecule has 0 rings (SSSR count). The first-order valence-corrected chi connectivity index (χ1v) is 3.33. The van der Waals surface area contributed by atoms with Gasteiger partial charge in [0.05, 0.1) is 0 Å². The number of hydrogen-bond donors (Lipinski definition) is 3. The number of nitrogens with two attached hydrogens (primary N) is 1. The van der Waals surface area contributed by atoms with E-state index in [9.17, 15) is 14.4 Å². The number of hydrogen-bond acceptors (Lipinski definition) is 3. The molecule has 0 atom stereocenters. The maximum absolute atomic E-state index is 10.4. The molecule has 0 bridgehead atoms. The van der Waals surface area contributed by atoms with E-state index in [1.807, 2.05) is 0 Å². The Kier molecular flexibility index (Phi) is 4.43. The Morgan fingerprint density at radius 3 is 2.33 bits per heavy atom. The van der Waals surface area contributed by atoms with Crippen LogP contribution < -0.4 is 11.1 Å². The molecule has 6 heteroatoms. The number of carbonyl (C=O) groups is 3. The Hall–Kier alpha value is -1.59.